The predicted molar refractivity (Wildman–Crippen MR) is 170 cm³/mol. The zero-order chi connectivity index (χ0) is 27.2. The van der Waals surface area contributed by atoms with E-state index in [0.717, 1.165) is 11.2 Å². The molecule has 0 N–H and O–H groups in total. The van der Waals surface area contributed by atoms with Gasteiger partial charge < -0.3 is 0 Å². The van der Waals surface area contributed by atoms with Crippen LogP contribution in [0.4, 0.5) is 0 Å². The molecule has 2 aromatic rings. The average Bonchev–Trinajstić information content (AvgIpc) is 3.32. The molecule has 0 saturated heterocycles. The van der Waals surface area contributed by atoms with Crippen LogP contribution >= 0.6 is 11.6 Å². The summed E-state index contributed by atoms with van der Waals surface area (Å²) in [6, 6.07) is 0. The Bertz CT molecular complexity index is 858. The summed E-state index contributed by atoms with van der Waals surface area (Å²) in [5, 5.41) is 0.612. The van der Waals surface area contributed by atoms with E-state index in [4.69, 9.17) is 26.6 Å². The zero-order valence-electron chi connectivity index (χ0n) is 25.2. The van der Waals surface area contributed by atoms with Crippen LogP contribution in [0.15, 0.2) is 6.33 Å². The van der Waals surface area contributed by atoms with Crippen LogP contribution in [0, 0.1) is 0 Å². The van der Waals surface area contributed by atoms with Crippen molar-refractivity contribution < 1.29 is 0 Å². The molecule has 2 aromatic heterocycles. The Morgan fingerprint density at radius 1 is 0.649 bits per heavy atom. The predicted octanol–water partition coefficient (Wildman–Crippen LogP) is 9.92. The SMILES string of the molecule is CCC[CH2][Sn]([CH2]CCC)([CH2]CCC)[CH2]n1cnc2c(Cl)n[c]([Sn]([CH2]CCC)([CH2]CCC)[CH2]CCC)nc21. The third-order valence-corrected chi connectivity index (χ3v) is 38.4. The molecule has 2 heterocycles. The fourth-order valence-corrected chi connectivity index (χ4v) is 37.1. The molecule has 37 heavy (non-hydrogen) atoms. The van der Waals surface area contributed by atoms with Gasteiger partial charge in [-0.1, -0.05) is 0 Å². The van der Waals surface area contributed by atoms with Crippen molar-refractivity contribution in [2.45, 2.75) is 150 Å². The Morgan fingerprint density at radius 2 is 1.08 bits per heavy atom. The van der Waals surface area contributed by atoms with Crippen molar-refractivity contribution in [2.75, 3.05) is 0 Å². The molecule has 0 atom stereocenters. The van der Waals surface area contributed by atoms with E-state index in [9.17, 15) is 0 Å². The van der Waals surface area contributed by atoms with Crippen LogP contribution in [-0.4, -0.2) is 56.3 Å². The van der Waals surface area contributed by atoms with Crippen LogP contribution in [0.5, 0.6) is 0 Å². The van der Waals surface area contributed by atoms with Gasteiger partial charge in [0.1, 0.15) is 0 Å². The van der Waals surface area contributed by atoms with E-state index in [1.54, 1.807) is 0 Å². The standard InChI is InChI=1S/C6H3ClN4.6C4H9.2Sn/c1-11-3-10-4-5(7)8-2-9-6(4)11;6*1-3-4-2;;/h3H,1H2;6*1,3-4H2,2H3;;. The molecule has 0 fully saturated rings. The number of fused-ring (bicyclic) bond motifs is 1. The molecule has 0 spiro atoms. The van der Waals surface area contributed by atoms with Gasteiger partial charge in [0.2, 0.25) is 0 Å². The summed E-state index contributed by atoms with van der Waals surface area (Å²) in [6.45, 7) is 14.1. The first-order valence-corrected chi connectivity index (χ1v) is 31.8. The maximum absolute atomic E-state index is 6.93. The van der Waals surface area contributed by atoms with Crippen LogP contribution in [0.2, 0.25) is 31.8 Å². The van der Waals surface area contributed by atoms with Gasteiger partial charge in [-0.2, -0.15) is 0 Å². The van der Waals surface area contributed by atoms with Crippen LogP contribution < -0.4 is 3.84 Å². The molecule has 0 unspecified atom stereocenters. The van der Waals surface area contributed by atoms with E-state index in [1.165, 1.54) is 112 Å². The number of imidazole rings is 1. The van der Waals surface area contributed by atoms with Gasteiger partial charge in [-0.05, 0) is 0 Å². The second kappa shape index (κ2) is 18.0. The molecule has 0 aliphatic rings. The van der Waals surface area contributed by atoms with Gasteiger partial charge in [-0.15, -0.1) is 0 Å². The second-order valence-electron chi connectivity index (χ2n) is 11.8. The molecule has 2 rings (SSSR count). The quantitative estimate of drug-likeness (QED) is 0.0944. The van der Waals surface area contributed by atoms with E-state index in [0.29, 0.717) is 5.15 Å². The molecular formula is C30H57ClN4Sn2. The normalized spacial score (nSPS) is 12.6. The molecule has 0 radical (unpaired) electrons. The third kappa shape index (κ3) is 9.79. The van der Waals surface area contributed by atoms with Gasteiger partial charge in [0.15, 0.2) is 0 Å². The second-order valence-corrected chi connectivity index (χ2v) is 38.8. The van der Waals surface area contributed by atoms with Crippen LogP contribution in [0.25, 0.3) is 11.2 Å². The number of unbranched alkanes of at least 4 members (excludes halogenated alkanes) is 6. The molecular weight excluding hydrogens is 689 g/mol. The molecule has 212 valence electrons. The number of hydrogen-bond donors (Lipinski definition) is 0. The number of hydrogen-bond acceptors (Lipinski definition) is 3. The molecule has 4 nitrogen and oxygen atoms in total. The van der Waals surface area contributed by atoms with Crippen molar-refractivity contribution in [3.05, 3.63) is 11.5 Å². The van der Waals surface area contributed by atoms with Crippen molar-refractivity contribution in [1.82, 2.24) is 19.5 Å². The molecule has 0 saturated carbocycles. The summed E-state index contributed by atoms with van der Waals surface area (Å²) < 4.78 is 13.5. The first-order valence-electron chi connectivity index (χ1n) is 15.8. The Balaban J connectivity index is 2.59. The van der Waals surface area contributed by atoms with Crippen LogP contribution in [0.1, 0.15) is 119 Å². The summed E-state index contributed by atoms with van der Waals surface area (Å²) in [5.41, 5.74) is 1.90. The van der Waals surface area contributed by atoms with E-state index in [-0.39, 0.29) is 0 Å². The molecule has 0 aromatic carbocycles. The Kier molecular flexibility index (Phi) is 16.4. The summed E-state index contributed by atoms with van der Waals surface area (Å²) in [4.78, 5) is 15.4. The van der Waals surface area contributed by atoms with E-state index >= 15 is 0 Å². The van der Waals surface area contributed by atoms with Gasteiger partial charge in [0.05, 0.1) is 0 Å². The first kappa shape index (κ1) is 33.6. The zero-order valence-corrected chi connectivity index (χ0v) is 31.6. The Labute approximate surface area is 242 Å². The van der Waals surface area contributed by atoms with E-state index in [2.05, 4.69) is 52.4 Å². The van der Waals surface area contributed by atoms with Gasteiger partial charge in [-0.25, -0.2) is 0 Å². The average molecular weight is 747 g/mol. The van der Waals surface area contributed by atoms with Crippen molar-refractivity contribution in [2.24, 2.45) is 0 Å². The fourth-order valence-electron chi connectivity index (χ4n) is 6.15. The molecule has 0 bridgehead atoms. The number of rotatable bonds is 21. The number of halogens is 1. The van der Waals surface area contributed by atoms with Crippen molar-refractivity contribution in [1.29, 1.82) is 0 Å². The van der Waals surface area contributed by atoms with Gasteiger partial charge in [0.25, 0.3) is 0 Å². The van der Waals surface area contributed by atoms with Crippen molar-refractivity contribution in [3.63, 3.8) is 0 Å². The minimum absolute atomic E-state index is 0.612. The van der Waals surface area contributed by atoms with Crippen molar-refractivity contribution >= 4 is 63.4 Å². The first-order chi connectivity index (χ1) is 17.9. The van der Waals surface area contributed by atoms with Crippen LogP contribution in [-0.2, 0) is 4.56 Å². The van der Waals surface area contributed by atoms with Gasteiger partial charge in [-0.3, -0.25) is 0 Å². The maximum atomic E-state index is 6.93. The number of nitrogens with zero attached hydrogens (tertiary/aromatic N) is 4. The van der Waals surface area contributed by atoms with E-state index < -0.39 is 36.8 Å². The third-order valence-electron chi connectivity index (χ3n) is 8.61. The Morgan fingerprint density at radius 3 is 1.51 bits per heavy atom. The fraction of sp³-hybridized carbons (Fsp3) is 0.833. The summed E-state index contributed by atoms with van der Waals surface area (Å²) >= 11 is 1.73. The summed E-state index contributed by atoms with van der Waals surface area (Å²) in [7, 11) is 0. The Hall–Kier alpha value is 0.437. The van der Waals surface area contributed by atoms with Gasteiger partial charge >= 0.3 is 244 Å². The molecule has 0 aliphatic heterocycles. The summed E-state index contributed by atoms with van der Waals surface area (Å²) in [5.74, 6) is 0. The molecule has 0 amide bonds. The van der Waals surface area contributed by atoms with E-state index in [1.807, 2.05) is 0 Å². The molecule has 7 heteroatoms. The topological polar surface area (TPSA) is 43.6 Å². The minimum atomic E-state index is -2.78. The van der Waals surface area contributed by atoms with Crippen LogP contribution in [0.3, 0.4) is 0 Å². The monoisotopic (exact) mass is 748 g/mol. The summed E-state index contributed by atoms with van der Waals surface area (Å²) in [6.07, 6.45) is 17.9. The molecule has 0 aliphatic carbocycles. The number of aromatic nitrogens is 4. The van der Waals surface area contributed by atoms with Crippen molar-refractivity contribution in [3.8, 4) is 0 Å². The van der Waals surface area contributed by atoms with Gasteiger partial charge in [0, 0.05) is 0 Å².